The summed E-state index contributed by atoms with van der Waals surface area (Å²) in [5.74, 6) is -2.20. The van der Waals surface area contributed by atoms with Crippen molar-refractivity contribution in [3.8, 4) is 0 Å². The van der Waals surface area contributed by atoms with Crippen LogP contribution in [0.25, 0.3) is 0 Å². The van der Waals surface area contributed by atoms with E-state index in [2.05, 4.69) is 13.2 Å². The standard InChI is InChI=1S/C14H12O.2C4H6O2/c15-14(13-9-5-2-6-10-13)11-12-7-3-1-4-8-12;2*1-3(2)4(5)6/h1-10H,11H2;2*1H2,2H3,(H,5,6)/p-2. The molecule has 0 aliphatic heterocycles. The molecule has 5 heteroatoms. The van der Waals surface area contributed by atoms with E-state index < -0.39 is 11.9 Å². The van der Waals surface area contributed by atoms with E-state index in [0.717, 1.165) is 11.1 Å². The Hall–Kier alpha value is -3.47. The van der Waals surface area contributed by atoms with Crippen molar-refractivity contribution < 1.29 is 24.6 Å². The van der Waals surface area contributed by atoms with Gasteiger partial charge in [0.2, 0.25) is 0 Å². The van der Waals surface area contributed by atoms with Gasteiger partial charge >= 0.3 is 0 Å². The largest absolute Gasteiger partial charge is 0.545 e. The Morgan fingerprint density at radius 3 is 1.41 bits per heavy atom. The Balaban J connectivity index is 0.000000470. The number of ketones is 1. The minimum Gasteiger partial charge on any atom is -0.545 e. The maximum absolute atomic E-state index is 11.8. The van der Waals surface area contributed by atoms with E-state index in [4.69, 9.17) is 0 Å². The summed E-state index contributed by atoms with van der Waals surface area (Å²) in [6.07, 6.45) is 0.477. The highest BCUT2D eigenvalue weighted by Gasteiger charge is 2.05. The van der Waals surface area contributed by atoms with Crippen LogP contribution in [0.15, 0.2) is 85.0 Å². The second-order valence-corrected chi connectivity index (χ2v) is 5.59. The van der Waals surface area contributed by atoms with E-state index in [9.17, 15) is 24.6 Å². The molecule has 0 bridgehead atoms. The minimum atomic E-state index is -1.19. The molecule has 0 aliphatic rings. The van der Waals surface area contributed by atoms with E-state index in [1.165, 1.54) is 13.8 Å². The van der Waals surface area contributed by atoms with E-state index >= 15 is 0 Å². The van der Waals surface area contributed by atoms with Gasteiger partial charge in [-0.2, -0.15) is 0 Å². The van der Waals surface area contributed by atoms with Crippen LogP contribution in [0.2, 0.25) is 0 Å². The zero-order valence-corrected chi connectivity index (χ0v) is 15.4. The lowest BCUT2D eigenvalue weighted by atomic mass is 10.0. The van der Waals surface area contributed by atoms with Crippen molar-refractivity contribution >= 4 is 17.7 Å². The van der Waals surface area contributed by atoms with Crippen molar-refractivity contribution in [3.63, 3.8) is 0 Å². The summed E-state index contributed by atoms with van der Waals surface area (Å²) in [5, 5.41) is 19.0. The normalized spacial score (nSPS) is 8.81. The third-order valence-corrected chi connectivity index (χ3v) is 3.00. The molecule has 0 radical (unpaired) electrons. The highest BCUT2D eigenvalue weighted by molar-refractivity contribution is 5.97. The summed E-state index contributed by atoms with van der Waals surface area (Å²) < 4.78 is 0. The lowest BCUT2D eigenvalue weighted by molar-refractivity contribution is -0.300. The van der Waals surface area contributed by atoms with Gasteiger partial charge in [0.05, 0.1) is 11.9 Å². The molecule has 0 fully saturated rings. The van der Waals surface area contributed by atoms with Crippen molar-refractivity contribution in [2.24, 2.45) is 0 Å². The fourth-order valence-electron chi connectivity index (χ4n) is 1.51. The Morgan fingerprint density at radius 2 is 1.07 bits per heavy atom. The zero-order valence-electron chi connectivity index (χ0n) is 15.4. The summed E-state index contributed by atoms with van der Waals surface area (Å²) >= 11 is 0. The topological polar surface area (TPSA) is 97.3 Å². The monoisotopic (exact) mass is 366 g/mol. The number of Topliss-reactive ketones (excluding diaryl/α,β-unsaturated/α-hetero) is 1. The molecule has 0 heterocycles. The second-order valence-electron chi connectivity index (χ2n) is 5.59. The number of carbonyl (C=O) groups is 3. The lowest BCUT2D eigenvalue weighted by Crippen LogP contribution is -2.22. The molecule has 0 saturated heterocycles. The van der Waals surface area contributed by atoms with E-state index in [0.29, 0.717) is 6.42 Å². The van der Waals surface area contributed by atoms with Gasteiger partial charge in [0.1, 0.15) is 0 Å². The van der Waals surface area contributed by atoms with Gasteiger partial charge in [0, 0.05) is 12.0 Å². The lowest BCUT2D eigenvalue weighted by Gasteiger charge is -2.00. The van der Waals surface area contributed by atoms with E-state index in [-0.39, 0.29) is 16.9 Å². The molecule has 0 saturated carbocycles. The van der Waals surface area contributed by atoms with Crippen LogP contribution >= 0.6 is 0 Å². The zero-order chi connectivity index (χ0) is 20.8. The quantitative estimate of drug-likeness (QED) is 0.593. The van der Waals surface area contributed by atoms with E-state index in [1.807, 2.05) is 60.7 Å². The van der Waals surface area contributed by atoms with Crippen molar-refractivity contribution in [2.75, 3.05) is 0 Å². The number of hydrogen-bond donors (Lipinski definition) is 0. The molecule has 0 aromatic heterocycles. The average Bonchev–Trinajstić information content (AvgIpc) is 2.64. The molecule has 0 spiro atoms. The smallest absolute Gasteiger partial charge is 0.167 e. The SMILES string of the molecule is C=C(C)C(=O)[O-].C=C(C)C(=O)[O-].O=C(Cc1ccccc1)c1ccccc1. The predicted molar refractivity (Wildman–Crippen MR) is 101 cm³/mol. The highest BCUT2D eigenvalue weighted by Crippen LogP contribution is 2.06. The van der Waals surface area contributed by atoms with Crippen LogP contribution in [-0.2, 0) is 16.0 Å². The van der Waals surface area contributed by atoms with Gasteiger partial charge in [-0.05, 0) is 30.6 Å². The Labute approximate surface area is 159 Å². The predicted octanol–water partition coefficient (Wildman–Crippen LogP) is 1.74. The van der Waals surface area contributed by atoms with Crippen LogP contribution in [0.4, 0.5) is 0 Å². The number of carboxylic acids is 2. The van der Waals surface area contributed by atoms with Crippen molar-refractivity contribution in [2.45, 2.75) is 20.3 Å². The third-order valence-electron chi connectivity index (χ3n) is 3.00. The highest BCUT2D eigenvalue weighted by atomic mass is 16.4. The first-order valence-corrected chi connectivity index (χ1v) is 8.01. The number of rotatable bonds is 5. The molecule has 0 unspecified atom stereocenters. The molecular weight excluding hydrogens is 344 g/mol. The van der Waals surface area contributed by atoms with Crippen LogP contribution in [0, 0.1) is 0 Å². The summed E-state index contributed by atoms with van der Waals surface area (Å²) in [6.45, 7) is 8.95. The van der Waals surface area contributed by atoms with Gasteiger partial charge in [0.15, 0.2) is 5.78 Å². The molecule has 2 aromatic rings. The van der Waals surface area contributed by atoms with Gasteiger partial charge in [0.25, 0.3) is 0 Å². The maximum Gasteiger partial charge on any atom is 0.167 e. The summed E-state index contributed by atoms with van der Waals surface area (Å²) in [6, 6.07) is 19.2. The summed E-state index contributed by atoms with van der Waals surface area (Å²) in [7, 11) is 0. The first-order valence-electron chi connectivity index (χ1n) is 8.01. The van der Waals surface area contributed by atoms with Gasteiger partial charge in [-0.15, -0.1) is 0 Å². The fraction of sp³-hybridized carbons (Fsp3) is 0.136. The Morgan fingerprint density at radius 1 is 0.741 bits per heavy atom. The summed E-state index contributed by atoms with van der Waals surface area (Å²) in [5.41, 5.74) is 1.97. The second kappa shape index (κ2) is 12.8. The van der Waals surface area contributed by atoms with E-state index in [1.54, 1.807) is 0 Å². The van der Waals surface area contributed by atoms with Crippen molar-refractivity contribution in [1.82, 2.24) is 0 Å². The van der Waals surface area contributed by atoms with Gasteiger partial charge in [-0.3, -0.25) is 4.79 Å². The molecule has 27 heavy (non-hydrogen) atoms. The van der Waals surface area contributed by atoms with Crippen LogP contribution in [0.3, 0.4) is 0 Å². The number of aliphatic carboxylic acids is 2. The molecule has 142 valence electrons. The molecule has 0 N–H and O–H groups in total. The first-order chi connectivity index (χ1) is 12.6. The average molecular weight is 366 g/mol. The Bertz CT molecular complexity index is 729. The van der Waals surface area contributed by atoms with Crippen molar-refractivity contribution in [3.05, 3.63) is 96.1 Å². The third kappa shape index (κ3) is 11.7. The minimum absolute atomic E-state index is 0.0648. The number of carboxylic acid groups (broad SMARTS) is 2. The fourth-order valence-corrected chi connectivity index (χ4v) is 1.51. The molecule has 0 amide bonds. The van der Waals surface area contributed by atoms with Gasteiger partial charge in [-0.25, -0.2) is 0 Å². The molecular formula is C22H22O5-2. The molecule has 0 aliphatic carbocycles. The molecule has 5 nitrogen and oxygen atoms in total. The summed E-state index contributed by atoms with van der Waals surface area (Å²) in [4.78, 5) is 30.8. The van der Waals surface area contributed by atoms with Gasteiger partial charge in [-0.1, -0.05) is 73.8 Å². The number of carbonyl (C=O) groups excluding carboxylic acids is 3. The molecule has 0 atom stereocenters. The molecule has 2 rings (SSSR count). The van der Waals surface area contributed by atoms with Crippen LogP contribution < -0.4 is 10.2 Å². The Kier molecular flexibility index (Phi) is 11.2. The van der Waals surface area contributed by atoms with Crippen LogP contribution in [0.1, 0.15) is 29.8 Å². The number of hydrogen-bond acceptors (Lipinski definition) is 5. The van der Waals surface area contributed by atoms with Gasteiger partial charge < -0.3 is 19.8 Å². The van der Waals surface area contributed by atoms with Crippen LogP contribution in [0.5, 0.6) is 0 Å². The maximum atomic E-state index is 11.8. The number of benzene rings is 2. The first kappa shape index (κ1) is 23.5. The van der Waals surface area contributed by atoms with Crippen molar-refractivity contribution in [1.29, 1.82) is 0 Å². The van der Waals surface area contributed by atoms with Crippen LogP contribution in [-0.4, -0.2) is 17.7 Å². The molecule has 2 aromatic carbocycles.